The zero-order chi connectivity index (χ0) is 6.85. The lowest BCUT2D eigenvalue weighted by Gasteiger charge is -2.00. The van der Waals surface area contributed by atoms with E-state index in [1.807, 2.05) is 0 Å². The lowest BCUT2D eigenvalue weighted by atomic mass is 11.1. The summed E-state index contributed by atoms with van der Waals surface area (Å²) in [5.41, 5.74) is 0. The number of aromatic nitrogens is 3. The van der Waals surface area contributed by atoms with Crippen molar-refractivity contribution in [3.8, 4) is 0 Å². The fourth-order valence-electron chi connectivity index (χ4n) is 0.424. The van der Waals surface area contributed by atoms with E-state index in [2.05, 4.69) is 10.2 Å². The van der Waals surface area contributed by atoms with Crippen molar-refractivity contribution in [2.24, 2.45) is 7.05 Å². The third kappa shape index (κ3) is 1.14. The van der Waals surface area contributed by atoms with Crippen LogP contribution in [0.4, 0.5) is 0 Å². The molecule has 1 atom stereocenters. The first-order chi connectivity index (χ1) is 4.22. The van der Waals surface area contributed by atoms with Crippen molar-refractivity contribution >= 4 is 11.1 Å². The van der Waals surface area contributed by atoms with Crippen molar-refractivity contribution in [1.29, 1.82) is 0 Å². The Morgan fingerprint density at radius 3 is 2.78 bits per heavy atom. The van der Waals surface area contributed by atoms with E-state index in [1.54, 1.807) is 7.05 Å². The van der Waals surface area contributed by atoms with Gasteiger partial charge in [0.2, 0.25) is 5.16 Å². The van der Waals surface area contributed by atoms with E-state index in [9.17, 15) is 8.76 Å². The predicted octanol–water partition coefficient (Wildman–Crippen LogP) is -0.947. The van der Waals surface area contributed by atoms with Gasteiger partial charge in [-0.05, 0) is 0 Å². The fraction of sp³-hybridized carbons (Fsp3) is 0.333. The zero-order valence-electron chi connectivity index (χ0n) is 4.64. The first-order valence-corrected chi connectivity index (χ1v) is 3.22. The van der Waals surface area contributed by atoms with Crippen molar-refractivity contribution in [2.75, 3.05) is 0 Å². The summed E-state index contributed by atoms with van der Waals surface area (Å²) < 4.78 is 21.6. The summed E-state index contributed by atoms with van der Waals surface area (Å²) in [5.74, 6) is 0. The van der Waals surface area contributed by atoms with Crippen molar-refractivity contribution < 1.29 is 8.76 Å². The summed E-state index contributed by atoms with van der Waals surface area (Å²) in [6.45, 7) is 0. The van der Waals surface area contributed by atoms with Gasteiger partial charge in [-0.25, -0.2) is 0 Å². The van der Waals surface area contributed by atoms with Gasteiger partial charge < -0.3 is 9.12 Å². The van der Waals surface area contributed by atoms with E-state index in [0.717, 1.165) is 0 Å². The van der Waals surface area contributed by atoms with Crippen LogP contribution in [-0.2, 0) is 18.1 Å². The van der Waals surface area contributed by atoms with E-state index in [0.29, 0.717) is 0 Å². The molecular weight excluding hydrogens is 142 g/mol. The van der Waals surface area contributed by atoms with Crippen molar-refractivity contribution in [3.63, 3.8) is 0 Å². The Morgan fingerprint density at radius 1 is 1.89 bits per heavy atom. The van der Waals surface area contributed by atoms with Crippen LogP contribution >= 0.6 is 0 Å². The Kier molecular flexibility index (Phi) is 1.58. The zero-order valence-corrected chi connectivity index (χ0v) is 5.46. The summed E-state index contributed by atoms with van der Waals surface area (Å²) in [4.78, 5) is 0. The summed E-state index contributed by atoms with van der Waals surface area (Å²) in [6.07, 6.45) is 1.32. The first-order valence-electron chi connectivity index (χ1n) is 2.15. The fourth-order valence-corrected chi connectivity index (χ4v) is 0.820. The minimum atomic E-state index is -2.27. The van der Waals surface area contributed by atoms with Gasteiger partial charge in [-0.3, -0.25) is 4.21 Å². The minimum absolute atomic E-state index is 0.0463. The highest BCUT2D eigenvalue weighted by molar-refractivity contribution is 7.79. The number of hydrogen-bond donors (Lipinski definition) is 0. The van der Waals surface area contributed by atoms with Crippen LogP contribution in [0.5, 0.6) is 0 Å². The average Bonchev–Trinajstić information content (AvgIpc) is 2.13. The van der Waals surface area contributed by atoms with Gasteiger partial charge in [0.1, 0.15) is 6.33 Å². The number of nitrogens with zero attached hydrogens (tertiary/aromatic N) is 3. The Hall–Kier alpha value is -0.750. The lowest BCUT2D eigenvalue weighted by molar-refractivity contribution is 0.522. The minimum Gasteiger partial charge on any atom is -0.766 e. The van der Waals surface area contributed by atoms with Crippen LogP contribution in [0, 0.1) is 0 Å². The molecule has 0 amide bonds. The topological polar surface area (TPSA) is 70.8 Å². The molecular formula is C3H4N3O2S-. The second-order valence-electron chi connectivity index (χ2n) is 1.46. The molecule has 1 aromatic rings. The van der Waals surface area contributed by atoms with E-state index >= 15 is 0 Å². The molecule has 6 heteroatoms. The van der Waals surface area contributed by atoms with Crippen LogP contribution in [0.25, 0.3) is 0 Å². The van der Waals surface area contributed by atoms with Gasteiger partial charge >= 0.3 is 0 Å². The third-order valence-electron chi connectivity index (χ3n) is 0.819. The molecule has 1 unspecified atom stereocenters. The molecule has 9 heavy (non-hydrogen) atoms. The Morgan fingerprint density at radius 2 is 2.56 bits per heavy atom. The van der Waals surface area contributed by atoms with Crippen molar-refractivity contribution in [2.45, 2.75) is 5.16 Å². The van der Waals surface area contributed by atoms with Crippen molar-refractivity contribution in [3.05, 3.63) is 6.33 Å². The molecule has 0 N–H and O–H groups in total. The van der Waals surface area contributed by atoms with Gasteiger partial charge in [0.15, 0.2) is 0 Å². The lowest BCUT2D eigenvalue weighted by Crippen LogP contribution is -1.98. The van der Waals surface area contributed by atoms with Crippen LogP contribution in [-0.4, -0.2) is 23.5 Å². The van der Waals surface area contributed by atoms with Gasteiger partial charge in [-0.1, -0.05) is 0 Å². The second kappa shape index (κ2) is 2.24. The highest BCUT2D eigenvalue weighted by atomic mass is 32.2. The standard InChI is InChI=1S/C3H5N3O2S/c1-6-2-4-5-3(6)9(7)8/h2H,1H3,(H,7,8)/p-1. The molecule has 0 bridgehead atoms. The quantitative estimate of drug-likeness (QED) is 0.479. The number of rotatable bonds is 1. The van der Waals surface area contributed by atoms with Crippen LogP contribution < -0.4 is 0 Å². The van der Waals surface area contributed by atoms with Gasteiger partial charge in [-0.2, -0.15) is 0 Å². The molecule has 0 aliphatic heterocycles. The summed E-state index contributed by atoms with van der Waals surface area (Å²) >= 11 is -2.27. The largest absolute Gasteiger partial charge is 0.766 e. The Labute approximate surface area is 54.0 Å². The SMILES string of the molecule is Cn1cnnc1S(=O)[O-]. The number of hydrogen-bond acceptors (Lipinski definition) is 4. The maximum Gasteiger partial charge on any atom is 0.207 e. The van der Waals surface area contributed by atoms with Gasteiger partial charge in [-0.15, -0.1) is 10.2 Å². The van der Waals surface area contributed by atoms with Gasteiger partial charge in [0.05, 0.1) is 0 Å². The van der Waals surface area contributed by atoms with E-state index in [4.69, 9.17) is 0 Å². The molecule has 0 fully saturated rings. The molecule has 0 aliphatic carbocycles. The molecule has 0 aromatic carbocycles. The number of aryl methyl sites for hydroxylation is 1. The maximum atomic E-state index is 10.2. The van der Waals surface area contributed by atoms with Gasteiger partial charge in [0.25, 0.3) is 0 Å². The van der Waals surface area contributed by atoms with Gasteiger partial charge in [0, 0.05) is 18.1 Å². The average molecular weight is 146 g/mol. The maximum absolute atomic E-state index is 10.2. The molecule has 0 spiro atoms. The van der Waals surface area contributed by atoms with Crippen molar-refractivity contribution in [1.82, 2.24) is 14.8 Å². The molecule has 1 heterocycles. The molecule has 0 radical (unpaired) electrons. The van der Waals surface area contributed by atoms with Crippen LogP contribution in [0.15, 0.2) is 11.5 Å². The first kappa shape index (κ1) is 6.37. The summed E-state index contributed by atoms with van der Waals surface area (Å²) in [5, 5.41) is 6.63. The van der Waals surface area contributed by atoms with Crippen LogP contribution in [0.3, 0.4) is 0 Å². The molecule has 50 valence electrons. The predicted molar refractivity (Wildman–Crippen MR) is 28.2 cm³/mol. The Bertz CT molecular complexity index is 233. The summed E-state index contributed by atoms with van der Waals surface area (Å²) in [7, 11) is 1.56. The van der Waals surface area contributed by atoms with E-state index < -0.39 is 11.1 Å². The van der Waals surface area contributed by atoms with E-state index in [-0.39, 0.29) is 5.16 Å². The Balaban J connectivity index is 3.08. The molecule has 0 saturated carbocycles. The third-order valence-corrected chi connectivity index (χ3v) is 1.49. The molecule has 5 nitrogen and oxygen atoms in total. The molecule has 0 aliphatic rings. The molecule has 0 saturated heterocycles. The smallest absolute Gasteiger partial charge is 0.207 e. The highest BCUT2D eigenvalue weighted by Gasteiger charge is 1.96. The molecule has 1 rings (SSSR count). The van der Waals surface area contributed by atoms with Crippen LogP contribution in [0.1, 0.15) is 0 Å². The molecule has 1 aromatic heterocycles. The van der Waals surface area contributed by atoms with Crippen LogP contribution in [0.2, 0.25) is 0 Å². The normalized spacial score (nSPS) is 13.6. The highest BCUT2D eigenvalue weighted by Crippen LogP contribution is 1.93. The van der Waals surface area contributed by atoms with E-state index in [1.165, 1.54) is 10.9 Å². The monoisotopic (exact) mass is 146 g/mol. The second-order valence-corrected chi connectivity index (χ2v) is 2.29. The summed E-state index contributed by atoms with van der Waals surface area (Å²) in [6, 6.07) is 0.